The van der Waals surface area contributed by atoms with Gasteiger partial charge in [-0.1, -0.05) is 12.1 Å². The molecule has 0 radical (unpaired) electrons. The highest BCUT2D eigenvalue weighted by atomic mass is 15.2. The van der Waals surface area contributed by atoms with Crippen LogP contribution in [0.3, 0.4) is 0 Å². The van der Waals surface area contributed by atoms with Crippen molar-refractivity contribution in [1.29, 1.82) is 0 Å². The van der Waals surface area contributed by atoms with E-state index in [9.17, 15) is 0 Å². The third kappa shape index (κ3) is 1.55. The van der Waals surface area contributed by atoms with Crippen molar-refractivity contribution in [3.8, 4) is 0 Å². The van der Waals surface area contributed by atoms with Gasteiger partial charge in [0, 0.05) is 19.1 Å². The van der Waals surface area contributed by atoms with Crippen molar-refractivity contribution in [2.24, 2.45) is 0 Å². The van der Waals surface area contributed by atoms with Crippen molar-refractivity contribution >= 4 is 11.4 Å². The molecule has 0 fully saturated rings. The molecule has 3 heteroatoms. The summed E-state index contributed by atoms with van der Waals surface area (Å²) >= 11 is 0. The Morgan fingerprint density at radius 3 is 3.07 bits per heavy atom. The van der Waals surface area contributed by atoms with Crippen molar-refractivity contribution in [2.45, 2.75) is 19.5 Å². The minimum absolute atomic E-state index is 0.543. The fourth-order valence-electron chi connectivity index (χ4n) is 1.80. The first kappa shape index (κ1) is 9.34. The predicted molar refractivity (Wildman–Crippen MR) is 60.3 cm³/mol. The smallest absolute Gasteiger partial charge is 0.0620 e. The second-order valence-electron chi connectivity index (χ2n) is 4.03. The zero-order valence-electron chi connectivity index (χ0n) is 8.75. The number of para-hydroxylation sites is 1. The zero-order chi connectivity index (χ0) is 10.1. The first-order valence-electron chi connectivity index (χ1n) is 5.00. The molecule has 0 spiro atoms. The SMILES string of the molecule is CC1CNc2c(N)cccc2CN1C. The molecule has 3 N–H and O–H groups in total. The Balaban J connectivity index is 2.37. The van der Waals surface area contributed by atoms with Crippen molar-refractivity contribution < 1.29 is 0 Å². The average molecular weight is 191 g/mol. The van der Waals surface area contributed by atoms with E-state index in [1.54, 1.807) is 0 Å². The maximum atomic E-state index is 5.92. The van der Waals surface area contributed by atoms with Crippen molar-refractivity contribution in [3.05, 3.63) is 23.8 Å². The average Bonchev–Trinajstić information content (AvgIpc) is 2.29. The lowest BCUT2D eigenvalue weighted by molar-refractivity contribution is 0.264. The molecule has 1 aliphatic rings. The maximum Gasteiger partial charge on any atom is 0.0620 e. The summed E-state index contributed by atoms with van der Waals surface area (Å²) in [6.07, 6.45) is 0. The molecular formula is C11H17N3. The Bertz CT molecular complexity index is 335. The standard InChI is InChI=1S/C11H17N3/c1-8-6-13-11-9(7-14(8)2)4-3-5-10(11)12/h3-5,8,13H,6-7,12H2,1-2H3. The first-order chi connectivity index (χ1) is 6.68. The molecule has 1 heterocycles. The number of nitrogen functional groups attached to an aromatic ring is 1. The molecule has 1 aromatic carbocycles. The molecule has 0 amide bonds. The lowest BCUT2D eigenvalue weighted by Gasteiger charge is -2.20. The fourth-order valence-corrected chi connectivity index (χ4v) is 1.80. The first-order valence-corrected chi connectivity index (χ1v) is 5.00. The van der Waals surface area contributed by atoms with Gasteiger partial charge < -0.3 is 11.1 Å². The Labute approximate surface area is 84.9 Å². The van der Waals surface area contributed by atoms with E-state index >= 15 is 0 Å². The summed E-state index contributed by atoms with van der Waals surface area (Å²) in [6.45, 7) is 4.14. The minimum Gasteiger partial charge on any atom is -0.397 e. The molecular weight excluding hydrogens is 174 g/mol. The van der Waals surface area contributed by atoms with Crippen LogP contribution in [-0.2, 0) is 6.54 Å². The molecule has 0 saturated heterocycles. The normalized spacial score (nSPS) is 22.3. The number of rotatable bonds is 0. The van der Waals surface area contributed by atoms with Gasteiger partial charge in [-0.25, -0.2) is 0 Å². The number of nitrogens with zero attached hydrogens (tertiary/aromatic N) is 1. The Morgan fingerprint density at radius 2 is 2.29 bits per heavy atom. The quantitative estimate of drug-likeness (QED) is 0.611. The molecule has 2 rings (SSSR count). The van der Waals surface area contributed by atoms with E-state index in [2.05, 4.69) is 30.3 Å². The van der Waals surface area contributed by atoms with Crippen molar-refractivity contribution in [3.63, 3.8) is 0 Å². The van der Waals surface area contributed by atoms with Crippen LogP contribution >= 0.6 is 0 Å². The van der Waals surface area contributed by atoms with E-state index in [1.807, 2.05) is 12.1 Å². The van der Waals surface area contributed by atoms with Gasteiger partial charge in [0.05, 0.1) is 11.4 Å². The molecule has 1 unspecified atom stereocenters. The third-order valence-electron chi connectivity index (χ3n) is 2.93. The van der Waals surface area contributed by atoms with Crippen molar-refractivity contribution in [1.82, 2.24) is 4.90 Å². The number of benzene rings is 1. The summed E-state index contributed by atoms with van der Waals surface area (Å²) in [7, 11) is 2.14. The number of fused-ring (bicyclic) bond motifs is 1. The molecule has 0 saturated carbocycles. The van der Waals surface area contributed by atoms with Gasteiger partial charge in [0.15, 0.2) is 0 Å². The number of nitrogens with two attached hydrogens (primary N) is 1. The van der Waals surface area contributed by atoms with Gasteiger partial charge in [-0.05, 0) is 25.6 Å². The number of anilines is 2. The van der Waals surface area contributed by atoms with Gasteiger partial charge in [-0.3, -0.25) is 4.90 Å². The van der Waals surface area contributed by atoms with Crippen LogP contribution in [0.2, 0.25) is 0 Å². The van der Waals surface area contributed by atoms with Crippen molar-refractivity contribution in [2.75, 3.05) is 24.6 Å². The number of hydrogen-bond donors (Lipinski definition) is 2. The van der Waals surface area contributed by atoms with Gasteiger partial charge in [-0.15, -0.1) is 0 Å². The lowest BCUT2D eigenvalue weighted by Crippen LogP contribution is -2.31. The summed E-state index contributed by atoms with van der Waals surface area (Å²) in [4.78, 5) is 2.33. The zero-order valence-corrected chi connectivity index (χ0v) is 8.75. The summed E-state index contributed by atoms with van der Waals surface area (Å²) in [5.74, 6) is 0. The van der Waals surface area contributed by atoms with Crippen LogP contribution in [0.15, 0.2) is 18.2 Å². The highest BCUT2D eigenvalue weighted by Crippen LogP contribution is 2.27. The van der Waals surface area contributed by atoms with E-state index in [0.717, 1.165) is 24.5 Å². The Morgan fingerprint density at radius 1 is 1.50 bits per heavy atom. The van der Waals surface area contributed by atoms with Crippen LogP contribution in [0.25, 0.3) is 0 Å². The second kappa shape index (κ2) is 3.50. The van der Waals surface area contributed by atoms with Crippen LogP contribution in [0.5, 0.6) is 0 Å². The molecule has 0 aliphatic carbocycles. The van der Waals surface area contributed by atoms with E-state index < -0.39 is 0 Å². The molecule has 0 aromatic heterocycles. The predicted octanol–water partition coefficient (Wildman–Crippen LogP) is 1.51. The lowest BCUT2D eigenvalue weighted by atomic mass is 10.1. The van der Waals surface area contributed by atoms with Crippen LogP contribution in [0.1, 0.15) is 12.5 Å². The molecule has 3 nitrogen and oxygen atoms in total. The van der Waals surface area contributed by atoms with Gasteiger partial charge >= 0.3 is 0 Å². The maximum absolute atomic E-state index is 5.92. The van der Waals surface area contributed by atoms with E-state index in [0.29, 0.717) is 6.04 Å². The van der Waals surface area contributed by atoms with Gasteiger partial charge in [0.2, 0.25) is 0 Å². The summed E-state index contributed by atoms with van der Waals surface area (Å²) in [6, 6.07) is 6.64. The molecule has 0 bridgehead atoms. The summed E-state index contributed by atoms with van der Waals surface area (Å²) in [5.41, 5.74) is 9.18. The highest BCUT2D eigenvalue weighted by molar-refractivity contribution is 5.70. The second-order valence-corrected chi connectivity index (χ2v) is 4.03. The van der Waals surface area contributed by atoms with E-state index in [-0.39, 0.29) is 0 Å². The summed E-state index contributed by atoms with van der Waals surface area (Å²) in [5, 5.41) is 3.41. The van der Waals surface area contributed by atoms with Gasteiger partial charge in [0.1, 0.15) is 0 Å². The van der Waals surface area contributed by atoms with Gasteiger partial charge in [-0.2, -0.15) is 0 Å². The van der Waals surface area contributed by atoms with Crippen LogP contribution in [-0.4, -0.2) is 24.5 Å². The number of likely N-dealkylation sites (N-methyl/N-ethyl adjacent to an activating group) is 1. The van der Waals surface area contributed by atoms with E-state index in [4.69, 9.17) is 5.73 Å². The fraction of sp³-hybridized carbons (Fsp3) is 0.455. The topological polar surface area (TPSA) is 41.3 Å². The number of hydrogen-bond acceptors (Lipinski definition) is 3. The summed E-state index contributed by atoms with van der Waals surface area (Å²) < 4.78 is 0. The number of nitrogens with one attached hydrogen (secondary N) is 1. The molecule has 1 atom stereocenters. The van der Waals surface area contributed by atoms with Crippen LogP contribution < -0.4 is 11.1 Å². The third-order valence-corrected chi connectivity index (χ3v) is 2.93. The van der Waals surface area contributed by atoms with Gasteiger partial charge in [0.25, 0.3) is 0 Å². The molecule has 1 aromatic rings. The van der Waals surface area contributed by atoms with Crippen LogP contribution in [0, 0.1) is 0 Å². The highest BCUT2D eigenvalue weighted by Gasteiger charge is 2.17. The van der Waals surface area contributed by atoms with E-state index in [1.165, 1.54) is 5.56 Å². The molecule has 1 aliphatic heterocycles. The minimum atomic E-state index is 0.543. The molecule has 76 valence electrons. The van der Waals surface area contributed by atoms with Crippen LogP contribution in [0.4, 0.5) is 11.4 Å². The Hall–Kier alpha value is -1.22. The Kier molecular flexibility index (Phi) is 2.33. The molecule has 14 heavy (non-hydrogen) atoms. The monoisotopic (exact) mass is 191 g/mol. The largest absolute Gasteiger partial charge is 0.397 e.